The van der Waals surface area contributed by atoms with Crippen LogP contribution in [0.4, 0.5) is 5.69 Å². The molecule has 1 heterocycles. The van der Waals surface area contributed by atoms with Crippen molar-refractivity contribution in [2.24, 2.45) is 0 Å². The van der Waals surface area contributed by atoms with Gasteiger partial charge in [0.2, 0.25) is 5.91 Å². The average Bonchev–Trinajstić information content (AvgIpc) is 2.46. The number of carbonyl (C=O) groups is 1. The number of benzene rings is 1. The summed E-state index contributed by atoms with van der Waals surface area (Å²) in [5, 5.41) is 0. The molecule has 1 aliphatic heterocycles. The Morgan fingerprint density at radius 3 is 2.53 bits per heavy atom. The monoisotopic (exact) mass is 261 g/mol. The quantitative estimate of drug-likeness (QED) is 0.833. The van der Waals surface area contributed by atoms with Crippen LogP contribution in [-0.2, 0) is 11.2 Å². The number of aryl methyl sites for hydroxylation is 1. The predicted molar refractivity (Wildman–Crippen MR) is 77.9 cm³/mol. The number of nitrogen functional groups attached to an aromatic ring is 1. The van der Waals surface area contributed by atoms with E-state index in [-0.39, 0.29) is 5.91 Å². The van der Waals surface area contributed by atoms with Gasteiger partial charge in [0.1, 0.15) is 0 Å². The second kappa shape index (κ2) is 6.57. The van der Waals surface area contributed by atoms with Gasteiger partial charge in [0.15, 0.2) is 0 Å². The molecular weight excluding hydrogens is 238 g/mol. The maximum atomic E-state index is 12.1. The molecule has 0 bridgehead atoms. The number of nitrogens with zero attached hydrogens (tertiary/aromatic N) is 2. The minimum Gasteiger partial charge on any atom is -0.399 e. The normalized spacial score (nSPS) is 16.6. The Bertz CT molecular complexity index is 425. The predicted octanol–water partition coefficient (Wildman–Crippen LogP) is 1.37. The Hall–Kier alpha value is -1.55. The molecule has 0 spiro atoms. The number of para-hydroxylation sites is 1. The first-order valence-corrected chi connectivity index (χ1v) is 7.04. The van der Waals surface area contributed by atoms with Crippen LogP contribution < -0.4 is 5.73 Å². The topological polar surface area (TPSA) is 49.6 Å². The summed E-state index contributed by atoms with van der Waals surface area (Å²) in [6, 6.07) is 7.78. The second-order valence-electron chi connectivity index (χ2n) is 5.01. The van der Waals surface area contributed by atoms with E-state index in [2.05, 4.69) is 11.8 Å². The Kier molecular flexibility index (Phi) is 4.80. The van der Waals surface area contributed by atoms with E-state index in [0.717, 1.165) is 50.4 Å². The molecule has 1 aliphatic rings. The zero-order chi connectivity index (χ0) is 13.7. The van der Waals surface area contributed by atoms with Crippen molar-refractivity contribution in [3.05, 3.63) is 29.8 Å². The number of carbonyl (C=O) groups excluding carboxylic acids is 1. The van der Waals surface area contributed by atoms with Crippen LogP contribution in [0.3, 0.4) is 0 Å². The van der Waals surface area contributed by atoms with Gasteiger partial charge in [-0.25, -0.2) is 0 Å². The molecule has 19 heavy (non-hydrogen) atoms. The van der Waals surface area contributed by atoms with E-state index in [1.807, 2.05) is 29.2 Å². The third-order valence-electron chi connectivity index (χ3n) is 3.84. The summed E-state index contributed by atoms with van der Waals surface area (Å²) in [7, 11) is 0. The van der Waals surface area contributed by atoms with E-state index in [1.54, 1.807) is 0 Å². The van der Waals surface area contributed by atoms with Gasteiger partial charge in [0.25, 0.3) is 0 Å². The van der Waals surface area contributed by atoms with Crippen molar-refractivity contribution in [1.82, 2.24) is 9.80 Å². The number of likely N-dealkylation sites (N-methyl/N-ethyl adjacent to an activating group) is 1. The SMILES string of the molecule is CCN1CCN(C(=O)CCc2ccccc2N)CC1. The molecule has 1 saturated heterocycles. The molecule has 104 valence electrons. The first-order valence-electron chi connectivity index (χ1n) is 7.04. The second-order valence-corrected chi connectivity index (χ2v) is 5.01. The van der Waals surface area contributed by atoms with Gasteiger partial charge in [-0.3, -0.25) is 4.79 Å². The van der Waals surface area contributed by atoms with Gasteiger partial charge in [-0.2, -0.15) is 0 Å². The van der Waals surface area contributed by atoms with Gasteiger partial charge in [-0.15, -0.1) is 0 Å². The largest absolute Gasteiger partial charge is 0.399 e. The van der Waals surface area contributed by atoms with Crippen LogP contribution in [-0.4, -0.2) is 48.4 Å². The van der Waals surface area contributed by atoms with E-state index < -0.39 is 0 Å². The lowest BCUT2D eigenvalue weighted by molar-refractivity contribution is -0.132. The number of nitrogens with two attached hydrogens (primary N) is 1. The van der Waals surface area contributed by atoms with Gasteiger partial charge >= 0.3 is 0 Å². The fourth-order valence-corrected chi connectivity index (χ4v) is 2.48. The van der Waals surface area contributed by atoms with Crippen LogP contribution in [0.1, 0.15) is 18.9 Å². The molecule has 2 N–H and O–H groups in total. The van der Waals surface area contributed by atoms with Crippen LogP contribution in [0.2, 0.25) is 0 Å². The number of rotatable bonds is 4. The van der Waals surface area contributed by atoms with Gasteiger partial charge < -0.3 is 15.5 Å². The van der Waals surface area contributed by atoms with Crippen molar-refractivity contribution in [3.63, 3.8) is 0 Å². The van der Waals surface area contributed by atoms with E-state index in [9.17, 15) is 4.79 Å². The van der Waals surface area contributed by atoms with Gasteiger partial charge in [0.05, 0.1) is 0 Å². The molecule has 1 aromatic carbocycles. The molecule has 0 radical (unpaired) electrons. The lowest BCUT2D eigenvalue weighted by atomic mass is 10.1. The van der Waals surface area contributed by atoms with Crippen molar-refractivity contribution < 1.29 is 4.79 Å². The molecule has 1 fully saturated rings. The maximum absolute atomic E-state index is 12.1. The fraction of sp³-hybridized carbons (Fsp3) is 0.533. The first-order chi connectivity index (χ1) is 9.20. The molecule has 1 amide bonds. The number of anilines is 1. The molecule has 0 unspecified atom stereocenters. The van der Waals surface area contributed by atoms with Crippen LogP contribution in [0.15, 0.2) is 24.3 Å². The molecule has 2 rings (SSSR count). The standard InChI is InChI=1S/C15H23N3O/c1-2-17-9-11-18(12-10-17)15(19)8-7-13-5-3-4-6-14(13)16/h3-6H,2,7-12,16H2,1H3. The minimum absolute atomic E-state index is 0.249. The summed E-state index contributed by atoms with van der Waals surface area (Å²) in [6.07, 6.45) is 1.29. The first kappa shape index (κ1) is 13.9. The van der Waals surface area contributed by atoms with Crippen molar-refractivity contribution in [2.45, 2.75) is 19.8 Å². The number of piperazine rings is 1. The van der Waals surface area contributed by atoms with Gasteiger partial charge in [0, 0.05) is 38.3 Å². The highest BCUT2D eigenvalue weighted by Gasteiger charge is 2.19. The average molecular weight is 261 g/mol. The Morgan fingerprint density at radius 1 is 1.21 bits per heavy atom. The van der Waals surface area contributed by atoms with E-state index >= 15 is 0 Å². The van der Waals surface area contributed by atoms with Gasteiger partial charge in [-0.05, 0) is 24.6 Å². The summed E-state index contributed by atoms with van der Waals surface area (Å²) in [4.78, 5) is 16.5. The molecular formula is C15H23N3O. The van der Waals surface area contributed by atoms with E-state index in [0.29, 0.717) is 6.42 Å². The number of hydrogen-bond donors (Lipinski definition) is 1. The van der Waals surface area contributed by atoms with Crippen molar-refractivity contribution in [1.29, 1.82) is 0 Å². The maximum Gasteiger partial charge on any atom is 0.222 e. The van der Waals surface area contributed by atoms with Crippen LogP contribution in [0.25, 0.3) is 0 Å². The van der Waals surface area contributed by atoms with Crippen LogP contribution in [0, 0.1) is 0 Å². The number of amides is 1. The summed E-state index contributed by atoms with van der Waals surface area (Å²) in [6.45, 7) is 6.94. The lowest BCUT2D eigenvalue weighted by Gasteiger charge is -2.34. The number of hydrogen-bond acceptors (Lipinski definition) is 3. The molecule has 0 aromatic heterocycles. The molecule has 1 aromatic rings. The fourth-order valence-electron chi connectivity index (χ4n) is 2.48. The molecule has 0 atom stereocenters. The van der Waals surface area contributed by atoms with Crippen LogP contribution >= 0.6 is 0 Å². The van der Waals surface area contributed by atoms with Crippen molar-refractivity contribution in [2.75, 3.05) is 38.5 Å². The Labute approximate surface area is 115 Å². The lowest BCUT2D eigenvalue weighted by Crippen LogP contribution is -2.48. The summed E-state index contributed by atoms with van der Waals surface area (Å²) in [5.41, 5.74) is 7.75. The molecule has 0 saturated carbocycles. The summed E-state index contributed by atoms with van der Waals surface area (Å²) < 4.78 is 0. The zero-order valence-corrected chi connectivity index (χ0v) is 11.6. The third kappa shape index (κ3) is 3.70. The van der Waals surface area contributed by atoms with E-state index in [1.165, 1.54) is 0 Å². The molecule has 4 heteroatoms. The minimum atomic E-state index is 0.249. The third-order valence-corrected chi connectivity index (χ3v) is 3.84. The highest BCUT2D eigenvalue weighted by molar-refractivity contribution is 5.76. The van der Waals surface area contributed by atoms with E-state index in [4.69, 9.17) is 5.73 Å². The summed E-state index contributed by atoms with van der Waals surface area (Å²) in [5.74, 6) is 0.249. The highest BCUT2D eigenvalue weighted by atomic mass is 16.2. The summed E-state index contributed by atoms with van der Waals surface area (Å²) >= 11 is 0. The van der Waals surface area contributed by atoms with Gasteiger partial charge in [-0.1, -0.05) is 25.1 Å². The highest BCUT2D eigenvalue weighted by Crippen LogP contribution is 2.14. The Balaban J connectivity index is 1.81. The zero-order valence-electron chi connectivity index (χ0n) is 11.6. The Morgan fingerprint density at radius 2 is 1.89 bits per heavy atom. The van der Waals surface area contributed by atoms with Crippen molar-refractivity contribution >= 4 is 11.6 Å². The smallest absolute Gasteiger partial charge is 0.222 e. The van der Waals surface area contributed by atoms with Crippen molar-refractivity contribution in [3.8, 4) is 0 Å². The molecule has 0 aliphatic carbocycles. The van der Waals surface area contributed by atoms with Crippen LogP contribution in [0.5, 0.6) is 0 Å². The molecule has 4 nitrogen and oxygen atoms in total.